The molecule has 2 rings (SSSR count). The minimum absolute atomic E-state index is 0.164. The van der Waals surface area contributed by atoms with Gasteiger partial charge in [0.25, 0.3) is 7.37 Å². The summed E-state index contributed by atoms with van der Waals surface area (Å²) in [6.07, 6.45) is 3.14. The molecule has 3 N–H and O–H groups in total. The van der Waals surface area contributed by atoms with Crippen LogP contribution in [0.5, 0.6) is 0 Å². The van der Waals surface area contributed by atoms with Gasteiger partial charge in [-0.05, 0) is 24.3 Å². The summed E-state index contributed by atoms with van der Waals surface area (Å²) in [4.78, 5) is 13.4. The Morgan fingerprint density at radius 3 is 2.56 bits per heavy atom. The van der Waals surface area contributed by atoms with Gasteiger partial charge in [-0.3, -0.25) is 9.13 Å². The first-order chi connectivity index (χ1) is 7.48. The molecule has 0 saturated heterocycles. The molecular weight excluding hydrogens is 225 g/mol. The first-order valence-electron chi connectivity index (χ1n) is 4.68. The van der Waals surface area contributed by atoms with Crippen LogP contribution in [0.4, 0.5) is 5.69 Å². The molecule has 0 fully saturated rings. The van der Waals surface area contributed by atoms with E-state index < -0.39 is 7.37 Å². The van der Waals surface area contributed by atoms with E-state index in [1.54, 1.807) is 35.0 Å². The van der Waals surface area contributed by atoms with Gasteiger partial charge < -0.3 is 10.6 Å². The number of anilines is 1. The number of benzene rings is 1. The summed E-state index contributed by atoms with van der Waals surface area (Å²) < 4.78 is 13.2. The number of imidazole rings is 1. The van der Waals surface area contributed by atoms with Crippen LogP contribution in [0.2, 0.25) is 0 Å². The average Bonchev–Trinajstić information content (AvgIpc) is 2.66. The maximum Gasteiger partial charge on any atom is 0.261 e. The van der Waals surface area contributed by atoms with E-state index >= 15 is 0 Å². The number of nitrogens with two attached hydrogens (primary N) is 1. The lowest BCUT2D eigenvalue weighted by Gasteiger charge is -2.09. The molecule has 1 heterocycles. The average molecular weight is 237 g/mol. The molecule has 0 aliphatic rings. The molecule has 0 aliphatic heterocycles. The van der Waals surface area contributed by atoms with Crippen molar-refractivity contribution in [2.24, 2.45) is 0 Å². The van der Waals surface area contributed by atoms with E-state index in [-0.39, 0.29) is 5.57 Å². The van der Waals surface area contributed by atoms with Crippen LogP contribution in [0.15, 0.2) is 36.7 Å². The molecule has 1 aromatic carbocycles. The Balaban J connectivity index is 2.53. The standard InChI is InChI=1S/C10H12N3O2P/c1-16(14,15)10-12-6-7-13(10)9-4-2-8(11)3-5-9/h2-7H,11H2,1H3,(H,14,15). The van der Waals surface area contributed by atoms with E-state index in [9.17, 15) is 9.46 Å². The number of rotatable bonds is 2. The molecule has 5 nitrogen and oxygen atoms in total. The third-order valence-electron chi connectivity index (χ3n) is 2.16. The van der Waals surface area contributed by atoms with Crippen LogP contribution >= 0.6 is 7.37 Å². The summed E-state index contributed by atoms with van der Waals surface area (Å²) in [5.41, 5.74) is 7.15. The van der Waals surface area contributed by atoms with Gasteiger partial charge in [0, 0.05) is 30.4 Å². The van der Waals surface area contributed by atoms with Crippen molar-refractivity contribution in [1.29, 1.82) is 0 Å². The van der Waals surface area contributed by atoms with Gasteiger partial charge in [0.15, 0.2) is 5.57 Å². The van der Waals surface area contributed by atoms with E-state index in [4.69, 9.17) is 5.73 Å². The fraction of sp³-hybridized carbons (Fsp3) is 0.100. The van der Waals surface area contributed by atoms with Crippen LogP contribution in [-0.2, 0) is 4.57 Å². The molecule has 84 valence electrons. The Labute approximate surface area is 93.0 Å². The van der Waals surface area contributed by atoms with Gasteiger partial charge in [0.2, 0.25) is 0 Å². The topological polar surface area (TPSA) is 81.1 Å². The van der Waals surface area contributed by atoms with Gasteiger partial charge in [-0.15, -0.1) is 0 Å². The Hall–Kier alpha value is -1.58. The van der Waals surface area contributed by atoms with Crippen LogP contribution in [0.3, 0.4) is 0 Å². The zero-order valence-electron chi connectivity index (χ0n) is 8.74. The summed E-state index contributed by atoms with van der Waals surface area (Å²) in [5, 5.41) is 0. The number of nitrogens with zero attached hydrogens (tertiary/aromatic N) is 2. The van der Waals surface area contributed by atoms with Crippen LogP contribution in [0.25, 0.3) is 5.69 Å². The minimum Gasteiger partial charge on any atom is -0.399 e. The van der Waals surface area contributed by atoms with Gasteiger partial charge in [-0.2, -0.15) is 0 Å². The van der Waals surface area contributed by atoms with E-state index in [1.807, 2.05) is 0 Å². The quantitative estimate of drug-likeness (QED) is 0.602. The monoisotopic (exact) mass is 237 g/mol. The SMILES string of the molecule is CP(=O)(O)c1nccn1-c1ccc(N)cc1. The van der Waals surface area contributed by atoms with Gasteiger partial charge >= 0.3 is 0 Å². The fourth-order valence-corrected chi connectivity index (χ4v) is 2.30. The summed E-state index contributed by atoms with van der Waals surface area (Å²) in [6, 6.07) is 7.01. The fourth-order valence-electron chi connectivity index (χ4n) is 1.44. The molecule has 1 atom stereocenters. The van der Waals surface area contributed by atoms with Crippen LogP contribution < -0.4 is 11.3 Å². The molecule has 0 amide bonds. The van der Waals surface area contributed by atoms with E-state index in [0.717, 1.165) is 5.69 Å². The van der Waals surface area contributed by atoms with E-state index in [2.05, 4.69) is 4.98 Å². The van der Waals surface area contributed by atoms with Crippen molar-refractivity contribution in [2.75, 3.05) is 12.4 Å². The Kier molecular flexibility index (Phi) is 2.58. The number of hydrogen-bond acceptors (Lipinski definition) is 3. The summed E-state index contributed by atoms with van der Waals surface area (Å²) in [7, 11) is -3.36. The molecule has 1 aromatic heterocycles. The predicted octanol–water partition coefficient (Wildman–Crippen LogP) is 0.980. The second kappa shape index (κ2) is 3.77. The number of hydrogen-bond donors (Lipinski definition) is 2. The molecular formula is C10H12N3O2P. The van der Waals surface area contributed by atoms with Crippen molar-refractivity contribution in [3.05, 3.63) is 36.7 Å². The smallest absolute Gasteiger partial charge is 0.261 e. The normalized spacial score (nSPS) is 14.6. The molecule has 0 bridgehead atoms. The predicted molar refractivity (Wildman–Crippen MR) is 63.4 cm³/mol. The van der Waals surface area contributed by atoms with E-state index in [0.29, 0.717) is 5.69 Å². The second-order valence-electron chi connectivity index (χ2n) is 3.57. The van der Waals surface area contributed by atoms with Crippen molar-refractivity contribution in [3.63, 3.8) is 0 Å². The highest BCUT2D eigenvalue weighted by Gasteiger charge is 2.20. The van der Waals surface area contributed by atoms with Gasteiger partial charge in [-0.25, -0.2) is 4.98 Å². The Morgan fingerprint density at radius 1 is 1.38 bits per heavy atom. The lowest BCUT2D eigenvalue weighted by atomic mass is 10.3. The molecule has 0 aliphatic carbocycles. The number of aromatic nitrogens is 2. The highest BCUT2D eigenvalue weighted by atomic mass is 31.2. The van der Waals surface area contributed by atoms with Crippen molar-refractivity contribution in [1.82, 2.24) is 9.55 Å². The summed E-state index contributed by atoms with van der Waals surface area (Å²) in [5.74, 6) is 0. The second-order valence-corrected chi connectivity index (χ2v) is 5.73. The lowest BCUT2D eigenvalue weighted by Crippen LogP contribution is -2.17. The Bertz CT molecular complexity index is 541. The highest BCUT2D eigenvalue weighted by molar-refractivity contribution is 7.64. The van der Waals surface area contributed by atoms with Crippen molar-refractivity contribution >= 4 is 18.6 Å². The Morgan fingerprint density at radius 2 is 2.00 bits per heavy atom. The molecule has 0 radical (unpaired) electrons. The van der Waals surface area contributed by atoms with Crippen molar-refractivity contribution in [2.45, 2.75) is 0 Å². The van der Waals surface area contributed by atoms with Gasteiger partial charge in [0.05, 0.1) is 0 Å². The maximum atomic E-state index is 11.6. The number of nitrogen functional groups attached to an aromatic ring is 1. The van der Waals surface area contributed by atoms with Crippen LogP contribution in [-0.4, -0.2) is 21.1 Å². The molecule has 6 heteroatoms. The molecule has 0 spiro atoms. The van der Waals surface area contributed by atoms with Crippen molar-refractivity contribution in [3.8, 4) is 5.69 Å². The first-order valence-corrected chi connectivity index (χ1v) is 6.79. The van der Waals surface area contributed by atoms with Crippen LogP contribution in [0, 0.1) is 0 Å². The zero-order chi connectivity index (χ0) is 11.8. The molecule has 1 unspecified atom stereocenters. The third-order valence-corrected chi connectivity index (χ3v) is 3.24. The lowest BCUT2D eigenvalue weighted by molar-refractivity contribution is 0.494. The van der Waals surface area contributed by atoms with Gasteiger partial charge in [0.1, 0.15) is 0 Å². The van der Waals surface area contributed by atoms with Crippen molar-refractivity contribution < 1.29 is 9.46 Å². The molecule has 2 aromatic rings. The highest BCUT2D eigenvalue weighted by Crippen LogP contribution is 2.33. The molecule has 16 heavy (non-hydrogen) atoms. The van der Waals surface area contributed by atoms with Crippen LogP contribution in [0.1, 0.15) is 0 Å². The van der Waals surface area contributed by atoms with E-state index in [1.165, 1.54) is 12.9 Å². The zero-order valence-corrected chi connectivity index (χ0v) is 9.63. The summed E-state index contributed by atoms with van der Waals surface area (Å²) >= 11 is 0. The maximum absolute atomic E-state index is 11.6. The molecule has 0 saturated carbocycles. The summed E-state index contributed by atoms with van der Waals surface area (Å²) in [6.45, 7) is 1.27. The largest absolute Gasteiger partial charge is 0.399 e. The third kappa shape index (κ3) is 2.01. The minimum atomic E-state index is -3.36. The van der Waals surface area contributed by atoms with Gasteiger partial charge in [-0.1, -0.05) is 0 Å². The first kappa shape index (κ1) is 10.9.